The summed E-state index contributed by atoms with van der Waals surface area (Å²) < 4.78 is 5.15. The minimum absolute atomic E-state index is 0.268. The summed E-state index contributed by atoms with van der Waals surface area (Å²) >= 11 is 0. The van der Waals surface area contributed by atoms with Crippen molar-refractivity contribution in [1.29, 1.82) is 0 Å². The predicted molar refractivity (Wildman–Crippen MR) is 104 cm³/mol. The van der Waals surface area contributed by atoms with Crippen LogP contribution in [0.1, 0.15) is 21.6 Å². The lowest BCUT2D eigenvalue weighted by Crippen LogP contribution is -2.13. The molecule has 0 unspecified atom stereocenters. The van der Waals surface area contributed by atoms with Crippen LogP contribution < -0.4 is 15.4 Å². The van der Waals surface area contributed by atoms with Crippen LogP contribution in [0.4, 0.5) is 17.1 Å². The largest absolute Gasteiger partial charge is 0.497 e. The number of benzene rings is 2. The van der Waals surface area contributed by atoms with E-state index in [1.807, 2.05) is 24.3 Å². The third-order valence-corrected chi connectivity index (χ3v) is 4.12. The molecule has 132 valence electrons. The van der Waals surface area contributed by atoms with Gasteiger partial charge in [-0.3, -0.25) is 4.79 Å². The Morgan fingerprint density at radius 3 is 2.42 bits per heavy atom. The van der Waals surface area contributed by atoms with Crippen LogP contribution in [-0.4, -0.2) is 18.0 Å². The molecule has 0 aliphatic heterocycles. The van der Waals surface area contributed by atoms with Crippen LogP contribution in [0.3, 0.4) is 0 Å². The first kappa shape index (κ1) is 17.5. The number of hydrogen-bond donors (Lipinski definition) is 2. The second-order valence-corrected chi connectivity index (χ2v) is 6.04. The minimum Gasteiger partial charge on any atom is -0.497 e. The molecule has 1 amide bonds. The van der Waals surface area contributed by atoms with Gasteiger partial charge in [0.2, 0.25) is 0 Å². The molecule has 0 radical (unpaired) electrons. The van der Waals surface area contributed by atoms with Crippen LogP contribution in [0.25, 0.3) is 0 Å². The maximum absolute atomic E-state index is 12.3. The van der Waals surface area contributed by atoms with Crippen LogP contribution >= 0.6 is 0 Å². The summed E-state index contributed by atoms with van der Waals surface area (Å²) in [7, 11) is 1.59. The molecule has 1 heterocycles. The summed E-state index contributed by atoms with van der Waals surface area (Å²) in [5.41, 5.74) is 5.29. The molecule has 2 aromatic carbocycles. The molecule has 0 aliphatic carbocycles. The zero-order valence-electron chi connectivity index (χ0n) is 15.0. The SMILES string of the molecule is COc1cccc(NC(=O)c2ccc(Nc3ccc(C)c(C)c3)cn2)c1. The topological polar surface area (TPSA) is 63.2 Å². The molecule has 0 spiro atoms. The second kappa shape index (κ2) is 7.70. The normalized spacial score (nSPS) is 10.3. The van der Waals surface area contributed by atoms with E-state index in [1.54, 1.807) is 31.5 Å². The van der Waals surface area contributed by atoms with Gasteiger partial charge in [0, 0.05) is 17.4 Å². The number of hydrogen-bond acceptors (Lipinski definition) is 4. The van der Waals surface area contributed by atoms with Crippen molar-refractivity contribution in [3.63, 3.8) is 0 Å². The fraction of sp³-hybridized carbons (Fsp3) is 0.143. The van der Waals surface area contributed by atoms with Crippen LogP contribution in [0.2, 0.25) is 0 Å². The van der Waals surface area contributed by atoms with E-state index in [4.69, 9.17) is 4.74 Å². The maximum atomic E-state index is 12.3. The monoisotopic (exact) mass is 347 g/mol. The number of carbonyl (C=O) groups is 1. The van der Waals surface area contributed by atoms with Crippen LogP contribution in [0.5, 0.6) is 5.75 Å². The number of nitrogens with zero attached hydrogens (tertiary/aromatic N) is 1. The van der Waals surface area contributed by atoms with Gasteiger partial charge in [0.25, 0.3) is 5.91 Å². The number of anilines is 3. The van der Waals surface area contributed by atoms with Crippen molar-refractivity contribution in [3.8, 4) is 5.75 Å². The third-order valence-electron chi connectivity index (χ3n) is 4.12. The molecule has 5 heteroatoms. The lowest BCUT2D eigenvalue weighted by molar-refractivity contribution is 0.102. The lowest BCUT2D eigenvalue weighted by atomic mass is 10.1. The Kier molecular flexibility index (Phi) is 5.17. The quantitative estimate of drug-likeness (QED) is 0.702. The summed E-state index contributed by atoms with van der Waals surface area (Å²) in [6, 6.07) is 16.9. The number of aromatic nitrogens is 1. The highest BCUT2D eigenvalue weighted by Crippen LogP contribution is 2.20. The van der Waals surface area contributed by atoms with E-state index in [9.17, 15) is 4.79 Å². The van der Waals surface area contributed by atoms with Crippen molar-refractivity contribution < 1.29 is 9.53 Å². The highest BCUT2D eigenvalue weighted by atomic mass is 16.5. The molecule has 3 rings (SSSR count). The first-order chi connectivity index (χ1) is 12.5. The number of rotatable bonds is 5. The molecule has 0 aliphatic rings. The number of nitrogens with one attached hydrogen (secondary N) is 2. The Morgan fingerprint density at radius 1 is 0.923 bits per heavy atom. The fourth-order valence-corrected chi connectivity index (χ4v) is 2.48. The zero-order chi connectivity index (χ0) is 18.5. The third kappa shape index (κ3) is 4.19. The molecular weight excluding hydrogens is 326 g/mol. The molecule has 0 atom stereocenters. The van der Waals surface area contributed by atoms with Crippen molar-refractivity contribution in [3.05, 3.63) is 77.6 Å². The summed E-state index contributed by atoms with van der Waals surface area (Å²) in [5.74, 6) is 0.416. The van der Waals surface area contributed by atoms with Crippen LogP contribution in [0, 0.1) is 13.8 Å². The number of carbonyl (C=O) groups excluding carboxylic acids is 1. The zero-order valence-corrected chi connectivity index (χ0v) is 15.0. The van der Waals surface area contributed by atoms with E-state index in [-0.39, 0.29) is 5.91 Å². The van der Waals surface area contributed by atoms with Crippen molar-refractivity contribution in [1.82, 2.24) is 4.98 Å². The highest BCUT2D eigenvalue weighted by Gasteiger charge is 2.08. The lowest BCUT2D eigenvalue weighted by Gasteiger charge is -2.10. The molecule has 0 saturated heterocycles. The summed E-state index contributed by atoms with van der Waals surface area (Å²) in [5, 5.41) is 6.11. The molecule has 0 saturated carbocycles. The van der Waals surface area contributed by atoms with Gasteiger partial charge in [0.1, 0.15) is 11.4 Å². The minimum atomic E-state index is -0.268. The summed E-state index contributed by atoms with van der Waals surface area (Å²) in [4.78, 5) is 16.6. The first-order valence-corrected chi connectivity index (χ1v) is 8.31. The van der Waals surface area contributed by atoms with Crippen molar-refractivity contribution in [2.24, 2.45) is 0 Å². The summed E-state index contributed by atoms with van der Waals surface area (Å²) in [6.07, 6.45) is 1.65. The number of ether oxygens (including phenoxy) is 1. The Morgan fingerprint density at radius 2 is 1.73 bits per heavy atom. The second-order valence-electron chi connectivity index (χ2n) is 6.04. The molecule has 2 N–H and O–H groups in total. The van der Waals surface area contributed by atoms with Crippen molar-refractivity contribution in [2.45, 2.75) is 13.8 Å². The van der Waals surface area contributed by atoms with Gasteiger partial charge in [-0.25, -0.2) is 4.98 Å². The highest BCUT2D eigenvalue weighted by molar-refractivity contribution is 6.03. The standard InChI is InChI=1S/C21H21N3O2/c1-14-7-8-17(11-15(14)2)23-18-9-10-20(22-13-18)21(25)24-16-5-4-6-19(12-16)26-3/h4-13,23H,1-3H3,(H,24,25). The average Bonchev–Trinajstić information content (AvgIpc) is 2.65. The Balaban J connectivity index is 1.68. The van der Waals surface area contributed by atoms with Crippen LogP contribution in [-0.2, 0) is 0 Å². The number of amides is 1. The van der Waals surface area contributed by atoms with Gasteiger partial charge in [0.15, 0.2) is 0 Å². The van der Waals surface area contributed by atoms with Gasteiger partial charge >= 0.3 is 0 Å². The van der Waals surface area contributed by atoms with Gasteiger partial charge in [-0.2, -0.15) is 0 Å². The Bertz CT molecular complexity index is 921. The van der Waals surface area contributed by atoms with Crippen molar-refractivity contribution in [2.75, 3.05) is 17.7 Å². The van der Waals surface area contributed by atoms with Gasteiger partial charge < -0.3 is 15.4 Å². The molecule has 5 nitrogen and oxygen atoms in total. The van der Waals surface area contributed by atoms with Gasteiger partial charge in [0.05, 0.1) is 19.0 Å². The number of pyridine rings is 1. The van der Waals surface area contributed by atoms with Gasteiger partial charge in [-0.15, -0.1) is 0 Å². The number of methoxy groups -OCH3 is 1. The number of aryl methyl sites for hydroxylation is 2. The van der Waals surface area contributed by atoms with Gasteiger partial charge in [-0.1, -0.05) is 12.1 Å². The Labute approximate surface area is 153 Å². The molecule has 26 heavy (non-hydrogen) atoms. The van der Waals surface area contributed by atoms with E-state index in [0.717, 1.165) is 11.4 Å². The van der Waals surface area contributed by atoms with E-state index in [1.165, 1.54) is 11.1 Å². The summed E-state index contributed by atoms with van der Waals surface area (Å²) in [6.45, 7) is 4.15. The van der Waals surface area contributed by atoms with Gasteiger partial charge in [-0.05, 0) is 61.4 Å². The molecule has 3 aromatic rings. The van der Waals surface area contributed by atoms with E-state index in [0.29, 0.717) is 17.1 Å². The van der Waals surface area contributed by atoms with Crippen molar-refractivity contribution >= 4 is 23.0 Å². The fourth-order valence-electron chi connectivity index (χ4n) is 2.48. The van der Waals surface area contributed by atoms with E-state index < -0.39 is 0 Å². The smallest absolute Gasteiger partial charge is 0.274 e. The Hall–Kier alpha value is -3.34. The molecule has 0 bridgehead atoms. The van der Waals surface area contributed by atoms with Crippen LogP contribution in [0.15, 0.2) is 60.8 Å². The average molecular weight is 347 g/mol. The maximum Gasteiger partial charge on any atom is 0.274 e. The predicted octanol–water partition coefficient (Wildman–Crippen LogP) is 4.70. The molecule has 0 fully saturated rings. The molecular formula is C21H21N3O2. The van der Waals surface area contributed by atoms with E-state index >= 15 is 0 Å². The first-order valence-electron chi connectivity index (χ1n) is 8.31. The van der Waals surface area contributed by atoms with E-state index in [2.05, 4.69) is 41.6 Å². The molecule has 1 aromatic heterocycles.